The van der Waals surface area contributed by atoms with E-state index in [2.05, 4.69) is 10.3 Å². The summed E-state index contributed by atoms with van der Waals surface area (Å²) < 4.78 is 11.2. The van der Waals surface area contributed by atoms with E-state index in [1.54, 1.807) is 7.11 Å². The third-order valence-corrected chi connectivity index (χ3v) is 3.80. The number of H-pyrrole nitrogens is 1. The summed E-state index contributed by atoms with van der Waals surface area (Å²) in [5.74, 6) is 1.29. The molecule has 6 heteroatoms. The lowest BCUT2D eigenvalue weighted by Gasteiger charge is -2.11. The van der Waals surface area contributed by atoms with Gasteiger partial charge in [-0.25, -0.2) is 0 Å². The van der Waals surface area contributed by atoms with Gasteiger partial charge >= 0.3 is 0 Å². The number of nitriles is 1. The first-order chi connectivity index (χ1) is 11.1. The van der Waals surface area contributed by atoms with E-state index in [-0.39, 0.29) is 12.0 Å². The van der Waals surface area contributed by atoms with Crippen LogP contribution < -0.4 is 14.8 Å². The van der Waals surface area contributed by atoms with E-state index >= 15 is 0 Å². The molecule has 1 aliphatic rings. The Balaban J connectivity index is 1.74. The highest BCUT2D eigenvalue weighted by Gasteiger charge is 2.22. The van der Waals surface area contributed by atoms with Crippen LogP contribution in [0.25, 0.3) is 0 Å². The standard InChI is InChI=1S/C17H17N3O3/c1-10-3-12-5-15(22-2)13(6-16(12)23-10)9-20-17(21)14-4-11(7-18)8-19-14/h4-6,8,10,19H,3,9H2,1-2H3,(H,20,21)/t10-/m1/s1. The fourth-order valence-electron chi connectivity index (χ4n) is 2.67. The summed E-state index contributed by atoms with van der Waals surface area (Å²) in [5, 5.41) is 11.6. The number of fused-ring (bicyclic) bond motifs is 1. The number of carbonyl (C=O) groups is 1. The highest BCUT2D eigenvalue weighted by atomic mass is 16.5. The molecule has 0 aliphatic carbocycles. The number of hydrogen-bond donors (Lipinski definition) is 2. The number of carbonyl (C=O) groups excluding carboxylic acids is 1. The van der Waals surface area contributed by atoms with Gasteiger partial charge in [-0.1, -0.05) is 0 Å². The van der Waals surface area contributed by atoms with Crippen molar-refractivity contribution in [2.24, 2.45) is 0 Å². The molecule has 2 aromatic rings. The van der Waals surface area contributed by atoms with Crippen LogP contribution in [0.4, 0.5) is 0 Å². The number of methoxy groups -OCH3 is 1. The fourth-order valence-corrected chi connectivity index (χ4v) is 2.67. The van der Waals surface area contributed by atoms with Gasteiger partial charge in [-0.2, -0.15) is 5.26 Å². The van der Waals surface area contributed by atoms with E-state index in [1.165, 1.54) is 12.3 Å². The van der Waals surface area contributed by atoms with E-state index in [4.69, 9.17) is 14.7 Å². The molecule has 0 unspecified atom stereocenters. The third kappa shape index (κ3) is 2.99. The van der Waals surface area contributed by atoms with E-state index in [0.29, 0.717) is 17.8 Å². The number of aromatic nitrogens is 1. The molecule has 118 valence electrons. The molecule has 23 heavy (non-hydrogen) atoms. The largest absolute Gasteiger partial charge is 0.496 e. The average Bonchev–Trinajstić information content (AvgIpc) is 3.16. The van der Waals surface area contributed by atoms with Crippen LogP contribution in [0.1, 0.15) is 34.1 Å². The van der Waals surface area contributed by atoms with Gasteiger partial charge in [-0.15, -0.1) is 0 Å². The van der Waals surface area contributed by atoms with Crippen molar-refractivity contribution in [1.29, 1.82) is 5.26 Å². The van der Waals surface area contributed by atoms with E-state index < -0.39 is 0 Å². The molecule has 3 rings (SSSR count). The Morgan fingerprint density at radius 1 is 1.52 bits per heavy atom. The molecule has 0 saturated carbocycles. The Kier molecular flexibility index (Phi) is 3.94. The van der Waals surface area contributed by atoms with Crippen LogP contribution in [0.5, 0.6) is 11.5 Å². The molecular formula is C17H17N3O3. The summed E-state index contributed by atoms with van der Waals surface area (Å²) in [6.07, 6.45) is 2.51. The number of ether oxygens (including phenoxy) is 2. The molecule has 1 atom stereocenters. The summed E-state index contributed by atoms with van der Waals surface area (Å²) in [5.41, 5.74) is 2.74. The minimum absolute atomic E-state index is 0.155. The maximum Gasteiger partial charge on any atom is 0.268 e. The molecule has 1 amide bonds. The molecule has 2 heterocycles. The normalized spacial score (nSPS) is 15.4. The summed E-state index contributed by atoms with van der Waals surface area (Å²) in [6, 6.07) is 7.36. The van der Waals surface area contributed by atoms with Gasteiger partial charge in [0.25, 0.3) is 5.91 Å². The number of nitrogens with zero attached hydrogens (tertiary/aromatic N) is 1. The van der Waals surface area contributed by atoms with Gasteiger partial charge in [0.05, 0.1) is 12.7 Å². The van der Waals surface area contributed by atoms with E-state index in [1.807, 2.05) is 25.1 Å². The van der Waals surface area contributed by atoms with Crippen molar-refractivity contribution >= 4 is 5.91 Å². The Labute approximate surface area is 134 Å². The zero-order chi connectivity index (χ0) is 16.4. The average molecular weight is 311 g/mol. The molecule has 0 bridgehead atoms. The second kappa shape index (κ2) is 6.05. The Morgan fingerprint density at radius 2 is 2.35 bits per heavy atom. The maximum atomic E-state index is 12.1. The summed E-state index contributed by atoms with van der Waals surface area (Å²) in [6.45, 7) is 2.33. The van der Waals surface area contributed by atoms with Crippen LogP contribution in [-0.2, 0) is 13.0 Å². The number of aromatic amines is 1. The fraction of sp³-hybridized carbons (Fsp3) is 0.294. The molecule has 1 aromatic carbocycles. The first kappa shape index (κ1) is 15.0. The second-order valence-electron chi connectivity index (χ2n) is 5.50. The topological polar surface area (TPSA) is 87.1 Å². The van der Waals surface area contributed by atoms with Crippen LogP contribution in [-0.4, -0.2) is 24.1 Å². The third-order valence-electron chi connectivity index (χ3n) is 3.80. The van der Waals surface area contributed by atoms with Gasteiger partial charge < -0.3 is 19.8 Å². The van der Waals surface area contributed by atoms with Crippen LogP contribution in [0, 0.1) is 11.3 Å². The van der Waals surface area contributed by atoms with Gasteiger partial charge in [0.15, 0.2) is 0 Å². The summed E-state index contributed by atoms with van der Waals surface area (Å²) in [4.78, 5) is 14.9. The predicted molar refractivity (Wildman–Crippen MR) is 83.5 cm³/mol. The zero-order valence-corrected chi connectivity index (χ0v) is 13.0. The molecule has 1 aromatic heterocycles. The highest BCUT2D eigenvalue weighted by Crippen LogP contribution is 2.34. The van der Waals surface area contributed by atoms with Crippen molar-refractivity contribution in [3.05, 3.63) is 46.8 Å². The monoisotopic (exact) mass is 311 g/mol. The molecule has 0 spiro atoms. The summed E-state index contributed by atoms with van der Waals surface area (Å²) in [7, 11) is 1.61. The van der Waals surface area contributed by atoms with E-state index in [9.17, 15) is 4.79 Å². The molecule has 6 nitrogen and oxygen atoms in total. The van der Waals surface area contributed by atoms with Crippen molar-refractivity contribution in [2.45, 2.75) is 26.0 Å². The van der Waals surface area contributed by atoms with Gasteiger partial charge in [0.2, 0.25) is 0 Å². The Hall–Kier alpha value is -2.94. The van der Waals surface area contributed by atoms with Crippen molar-refractivity contribution in [3.8, 4) is 17.6 Å². The minimum atomic E-state index is -0.275. The van der Waals surface area contributed by atoms with Crippen LogP contribution in [0.3, 0.4) is 0 Å². The van der Waals surface area contributed by atoms with Crippen molar-refractivity contribution in [1.82, 2.24) is 10.3 Å². The predicted octanol–water partition coefficient (Wildman–Crippen LogP) is 2.15. The molecular weight excluding hydrogens is 294 g/mol. The molecule has 0 radical (unpaired) electrons. The highest BCUT2D eigenvalue weighted by molar-refractivity contribution is 5.92. The van der Waals surface area contributed by atoms with Crippen molar-refractivity contribution < 1.29 is 14.3 Å². The van der Waals surface area contributed by atoms with E-state index in [0.717, 1.165) is 29.0 Å². The van der Waals surface area contributed by atoms with Gasteiger partial charge in [0.1, 0.15) is 29.4 Å². The van der Waals surface area contributed by atoms with Crippen LogP contribution in [0.15, 0.2) is 24.4 Å². The van der Waals surface area contributed by atoms with Crippen molar-refractivity contribution in [3.63, 3.8) is 0 Å². The number of amides is 1. The van der Waals surface area contributed by atoms with Gasteiger partial charge in [0, 0.05) is 30.3 Å². The lowest BCUT2D eigenvalue weighted by molar-refractivity contribution is 0.0946. The number of hydrogen-bond acceptors (Lipinski definition) is 4. The first-order valence-corrected chi connectivity index (χ1v) is 7.34. The Morgan fingerprint density at radius 3 is 3.04 bits per heavy atom. The quantitative estimate of drug-likeness (QED) is 0.905. The zero-order valence-electron chi connectivity index (χ0n) is 13.0. The summed E-state index contributed by atoms with van der Waals surface area (Å²) >= 11 is 0. The van der Waals surface area contributed by atoms with Crippen molar-refractivity contribution in [2.75, 3.05) is 7.11 Å². The lowest BCUT2D eigenvalue weighted by Crippen LogP contribution is -2.23. The number of nitrogens with one attached hydrogen (secondary N) is 2. The van der Waals surface area contributed by atoms with Gasteiger partial charge in [-0.3, -0.25) is 4.79 Å². The molecule has 2 N–H and O–H groups in total. The SMILES string of the molecule is COc1cc2c(cc1CNC(=O)c1cc(C#N)c[nH]1)O[C@H](C)C2. The number of benzene rings is 1. The molecule has 0 fully saturated rings. The molecule has 0 saturated heterocycles. The van der Waals surface area contributed by atoms with Crippen LogP contribution >= 0.6 is 0 Å². The first-order valence-electron chi connectivity index (χ1n) is 7.34. The van der Waals surface area contributed by atoms with Gasteiger partial charge in [-0.05, 0) is 25.1 Å². The number of rotatable bonds is 4. The Bertz CT molecular complexity index is 789. The smallest absolute Gasteiger partial charge is 0.268 e. The molecule has 1 aliphatic heterocycles. The second-order valence-corrected chi connectivity index (χ2v) is 5.50. The lowest BCUT2D eigenvalue weighted by atomic mass is 10.1. The minimum Gasteiger partial charge on any atom is -0.496 e. The van der Waals surface area contributed by atoms with Crippen LogP contribution in [0.2, 0.25) is 0 Å². The maximum absolute atomic E-state index is 12.1.